The molecule has 11 heteroatoms. The summed E-state index contributed by atoms with van der Waals surface area (Å²) in [7, 11) is 0. The van der Waals surface area contributed by atoms with Gasteiger partial charge in [-0.2, -0.15) is 10.4 Å². The molecule has 1 aromatic carbocycles. The fourth-order valence-electron chi connectivity index (χ4n) is 4.66. The molecule has 0 unspecified atom stereocenters. The maximum Gasteiger partial charge on any atom is 0.256 e. The van der Waals surface area contributed by atoms with Crippen molar-refractivity contribution in [2.24, 2.45) is 0 Å². The van der Waals surface area contributed by atoms with E-state index in [0.717, 1.165) is 12.8 Å². The highest BCUT2D eigenvalue weighted by atomic mass is 19.1. The zero-order chi connectivity index (χ0) is 26.8. The number of piperidine rings is 1. The van der Waals surface area contributed by atoms with Gasteiger partial charge in [0.05, 0.1) is 22.5 Å². The molecule has 4 heterocycles. The van der Waals surface area contributed by atoms with Crippen LogP contribution in [0.25, 0.3) is 22.2 Å². The number of aromatic nitrogens is 4. The molecule has 0 aliphatic carbocycles. The summed E-state index contributed by atoms with van der Waals surface area (Å²) in [4.78, 5) is 34.7. The molecule has 5 rings (SSSR count). The van der Waals surface area contributed by atoms with E-state index >= 15 is 0 Å². The third kappa shape index (κ3) is 4.43. The van der Waals surface area contributed by atoms with E-state index in [4.69, 9.17) is 10.8 Å². The van der Waals surface area contributed by atoms with E-state index in [9.17, 15) is 19.2 Å². The molecule has 0 saturated carbocycles. The smallest absolute Gasteiger partial charge is 0.256 e. The number of halogens is 1. The van der Waals surface area contributed by atoms with Gasteiger partial charge in [0.25, 0.3) is 5.91 Å². The molecule has 2 amide bonds. The van der Waals surface area contributed by atoms with E-state index in [1.165, 1.54) is 30.6 Å². The molecule has 0 bridgehead atoms. The average molecular weight is 511 g/mol. The molecule has 1 atom stereocenters. The van der Waals surface area contributed by atoms with Gasteiger partial charge in [-0.3, -0.25) is 14.3 Å². The minimum atomic E-state index is -0.637. The third-order valence-electron chi connectivity index (χ3n) is 6.51. The standard InChI is InChI=1S/C27H23FN8O2/c1-2-21(37)35-12-4-5-19(15-35)36-24-18(13-29)14-32-25(30)22(24)23(34-36)16-7-9-17(10-8-16)27(38)33-26-20(28)6-3-11-31-26/h2-3,6-11,14,19H,1,4-5,12,15H2,(H2,30,32)(H,31,33,38)/t19-/m1/s1. The maximum absolute atomic E-state index is 13.9. The molecule has 1 aliphatic rings. The number of fused-ring (bicyclic) bond motifs is 1. The number of carbonyl (C=O) groups excluding carboxylic acids is 2. The zero-order valence-corrected chi connectivity index (χ0v) is 20.3. The predicted molar refractivity (Wildman–Crippen MR) is 139 cm³/mol. The van der Waals surface area contributed by atoms with Crippen molar-refractivity contribution in [3.63, 3.8) is 0 Å². The topological polar surface area (TPSA) is 143 Å². The molecule has 3 N–H and O–H groups in total. The number of nitrogen functional groups attached to an aromatic ring is 1. The summed E-state index contributed by atoms with van der Waals surface area (Å²) in [6.45, 7) is 4.61. The molecule has 0 radical (unpaired) electrons. The summed E-state index contributed by atoms with van der Waals surface area (Å²) >= 11 is 0. The van der Waals surface area contributed by atoms with Crippen LogP contribution >= 0.6 is 0 Å². The normalized spacial score (nSPS) is 15.2. The molecule has 3 aromatic heterocycles. The Hall–Kier alpha value is -5.11. The Balaban J connectivity index is 1.53. The number of nitrogens with zero attached hydrogens (tertiary/aromatic N) is 6. The molecule has 10 nitrogen and oxygen atoms in total. The van der Waals surface area contributed by atoms with Crippen LogP contribution in [0, 0.1) is 17.1 Å². The quantitative estimate of drug-likeness (QED) is 0.390. The molecule has 4 aromatic rings. The van der Waals surface area contributed by atoms with Crippen molar-refractivity contribution in [3.05, 3.63) is 78.4 Å². The molecular weight excluding hydrogens is 487 g/mol. The van der Waals surface area contributed by atoms with E-state index in [0.29, 0.717) is 40.8 Å². The first kappa shape index (κ1) is 24.6. The van der Waals surface area contributed by atoms with Crippen LogP contribution in [0.15, 0.2) is 61.4 Å². The predicted octanol–water partition coefficient (Wildman–Crippen LogP) is 3.69. The first-order chi connectivity index (χ1) is 18.4. The number of nitrogens with two attached hydrogens (primary N) is 1. The van der Waals surface area contributed by atoms with Crippen LogP contribution in [0.2, 0.25) is 0 Å². The molecule has 1 aliphatic heterocycles. The first-order valence-electron chi connectivity index (χ1n) is 11.9. The molecule has 38 heavy (non-hydrogen) atoms. The Labute approximate surface area is 217 Å². The highest BCUT2D eigenvalue weighted by Gasteiger charge is 2.28. The first-order valence-corrected chi connectivity index (χ1v) is 11.9. The Bertz CT molecular complexity index is 1610. The number of carbonyl (C=O) groups is 2. The van der Waals surface area contributed by atoms with E-state index in [2.05, 4.69) is 27.9 Å². The number of nitrogens with one attached hydrogen (secondary N) is 1. The molecule has 0 spiro atoms. The second kappa shape index (κ2) is 10.1. The summed E-state index contributed by atoms with van der Waals surface area (Å²) in [5.74, 6) is -1.27. The minimum Gasteiger partial charge on any atom is -0.383 e. The third-order valence-corrected chi connectivity index (χ3v) is 6.51. The Morgan fingerprint density at radius 1 is 1.24 bits per heavy atom. The van der Waals surface area contributed by atoms with Crippen LogP contribution in [0.4, 0.5) is 16.0 Å². The zero-order valence-electron chi connectivity index (χ0n) is 20.3. The lowest BCUT2D eigenvalue weighted by Gasteiger charge is -2.32. The highest BCUT2D eigenvalue weighted by Crippen LogP contribution is 2.36. The number of anilines is 2. The van der Waals surface area contributed by atoms with Crippen LogP contribution in [0.3, 0.4) is 0 Å². The number of likely N-dealkylation sites (tertiary alicyclic amines) is 1. The van der Waals surface area contributed by atoms with Gasteiger partial charge in [0.15, 0.2) is 11.6 Å². The van der Waals surface area contributed by atoms with E-state index < -0.39 is 11.7 Å². The summed E-state index contributed by atoms with van der Waals surface area (Å²) < 4.78 is 15.6. The minimum absolute atomic E-state index is 0.160. The second-order valence-electron chi connectivity index (χ2n) is 8.84. The van der Waals surface area contributed by atoms with Gasteiger partial charge in [0.2, 0.25) is 5.91 Å². The lowest BCUT2D eigenvalue weighted by molar-refractivity contribution is -0.127. The van der Waals surface area contributed by atoms with Gasteiger partial charge in [-0.1, -0.05) is 18.7 Å². The number of hydrogen-bond acceptors (Lipinski definition) is 7. The Kier molecular flexibility index (Phi) is 6.53. The van der Waals surface area contributed by atoms with Crippen LogP contribution in [-0.2, 0) is 4.79 Å². The van der Waals surface area contributed by atoms with E-state index in [1.807, 2.05) is 0 Å². The van der Waals surface area contributed by atoms with Crippen molar-refractivity contribution >= 4 is 34.4 Å². The SMILES string of the molecule is C=CC(=O)N1CCC[C@@H](n2nc(-c3ccc(C(=O)Nc4ncccc4F)cc3)c3c(N)ncc(C#N)c32)C1. The lowest BCUT2D eigenvalue weighted by atomic mass is 10.0. The van der Waals surface area contributed by atoms with Gasteiger partial charge in [0.1, 0.15) is 17.6 Å². The van der Waals surface area contributed by atoms with Crippen LogP contribution in [-0.4, -0.2) is 49.6 Å². The summed E-state index contributed by atoms with van der Waals surface area (Å²) in [5.41, 5.74) is 8.57. The van der Waals surface area contributed by atoms with Crippen molar-refractivity contribution < 1.29 is 14.0 Å². The molecular formula is C27H23FN8O2. The lowest BCUT2D eigenvalue weighted by Crippen LogP contribution is -2.40. The highest BCUT2D eigenvalue weighted by molar-refractivity contribution is 6.05. The average Bonchev–Trinajstić information content (AvgIpc) is 3.36. The summed E-state index contributed by atoms with van der Waals surface area (Å²) in [6, 6.07) is 11.2. The van der Waals surface area contributed by atoms with Gasteiger partial charge < -0.3 is 16.0 Å². The van der Waals surface area contributed by atoms with Gasteiger partial charge in [-0.05, 0) is 43.2 Å². The van der Waals surface area contributed by atoms with Crippen molar-refractivity contribution in [2.75, 3.05) is 24.1 Å². The van der Waals surface area contributed by atoms with Crippen LogP contribution < -0.4 is 11.1 Å². The van der Waals surface area contributed by atoms with Crippen LogP contribution in [0.1, 0.15) is 34.8 Å². The van der Waals surface area contributed by atoms with Crippen molar-refractivity contribution in [1.29, 1.82) is 5.26 Å². The number of pyridine rings is 2. The van der Waals surface area contributed by atoms with Gasteiger partial charge in [-0.25, -0.2) is 14.4 Å². The fourth-order valence-corrected chi connectivity index (χ4v) is 4.66. The number of amides is 2. The van der Waals surface area contributed by atoms with Crippen molar-refractivity contribution in [2.45, 2.75) is 18.9 Å². The fraction of sp³-hybridized carbons (Fsp3) is 0.185. The number of nitriles is 1. The van der Waals surface area contributed by atoms with Gasteiger partial charge in [0, 0.05) is 36.6 Å². The van der Waals surface area contributed by atoms with Gasteiger partial charge >= 0.3 is 0 Å². The Morgan fingerprint density at radius 2 is 2.03 bits per heavy atom. The monoisotopic (exact) mass is 510 g/mol. The maximum atomic E-state index is 13.9. The Morgan fingerprint density at radius 3 is 2.74 bits per heavy atom. The van der Waals surface area contributed by atoms with Crippen LogP contribution in [0.5, 0.6) is 0 Å². The summed E-state index contributed by atoms with van der Waals surface area (Å²) in [5, 5.41) is 17.6. The van der Waals surface area contributed by atoms with Crippen molar-refractivity contribution in [3.8, 4) is 17.3 Å². The number of rotatable bonds is 5. The van der Waals surface area contributed by atoms with E-state index in [1.54, 1.807) is 33.8 Å². The second-order valence-corrected chi connectivity index (χ2v) is 8.84. The van der Waals surface area contributed by atoms with Crippen molar-refractivity contribution in [1.82, 2.24) is 24.6 Å². The summed E-state index contributed by atoms with van der Waals surface area (Å²) in [6.07, 6.45) is 5.62. The van der Waals surface area contributed by atoms with Gasteiger partial charge in [-0.15, -0.1) is 0 Å². The molecule has 1 fully saturated rings. The largest absolute Gasteiger partial charge is 0.383 e. The van der Waals surface area contributed by atoms with E-state index in [-0.39, 0.29) is 29.1 Å². The number of benzene rings is 1. The molecule has 1 saturated heterocycles. The molecule has 190 valence electrons. The number of hydrogen-bond donors (Lipinski definition) is 2.